The largest absolute Gasteiger partial charge is 0.352 e. The molecule has 0 spiro atoms. The standard InChI is InChI=1S/C29H29Cl2N3O5S/c1-3-19(2)32-28(36)25(15-20-9-5-4-6-10-20)33(17-21-13-14-22(30)16-24(21)31)27(35)18-34-29(37)23-11-7-8-12-26(23)40(34,38)39/h4-14,16,19,25H,3,15,17-18H2,1-2H3,(H,32,36). The average molecular weight is 603 g/mol. The molecule has 0 radical (unpaired) electrons. The van der Waals surface area contributed by atoms with Crippen molar-refractivity contribution < 1.29 is 22.8 Å². The molecule has 2 unspecified atom stereocenters. The van der Waals surface area contributed by atoms with Crippen LogP contribution in [0.2, 0.25) is 10.0 Å². The van der Waals surface area contributed by atoms with Gasteiger partial charge in [0.15, 0.2) is 0 Å². The Morgan fingerprint density at radius 2 is 1.68 bits per heavy atom. The SMILES string of the molecule is CCC(C)NC(=O)C(Cc1ccccc1)N(Cc1ccc(Cl)cc1Cl)C(=O)CN1C(=O)c2ccccc2S1(=O)=O. The van der Waals surface area contributed by atoms with Gasteiger partial charge in [0.1, 0.15) is 17.5 Å². The molecule has 210 valence electrons. The second-order valence-corrected chi connectivity index (χ2v) is 12.3. The van der Waals surface area contributed by atoms with E-state index in [2.05, 4.69) is 5.32 Å². The first kappa shape index (κ1) is 29.6. The number of rotatable bonds is 10. The highest BCUT2D eigenvalue weighted by molar-refractivity contribution is 7.90. The molecule has 2 atom stereocenters. The van der Waals surface area contributed by atoms with Crippen LogP contribution in [0.5, 0.6) is 0 Å². The maximum Gasteiger partial charge on any atom is 0.269 e. The smallest absolute Gasteiger partial charge is 0.269 e. The van der Waals surface area contributed by atoms with E-state index in [0.29, 0.717) is 21.3 Å². The van der Waals surface area contributed by atoms with E-state index in [1.165, 1.54) is 29.2 Å². The van der Waals surface area contributed by atoms with Crippen LogP contribution in [-0.2, 0) is 32.6 Å². The lowest BCUT2D eigenvalue weighted by atomic mass is 10.0. The summed E-state index contributed by atoms with van der Waals surface area (Å²) in [5, 5.41) is 3.62. The Kier molecular flexibility index (Phi) is 9.18. The molecular weight excluding hydrogens is 573 g/mol. The number of hydrogen-bond donors (Lipinski definition) is 1. The van der Waals surface area contributed by atoms with Crippen LogP contribution >= 0.6 is 23.2 Å². The third-order valence-electron chi connectivity index (χ3n) is 6.82. The number of halogens is 2. The topological polar surface area (TPSA) is 104 Å². The second kappa shape index (κ2) is 12.4. The van der Waals surface area contributed by atoms with E-state index in [0.717, 1.165) is 5.56 Å². The van der Waals surface area contributed by atoms with E-state index in [1.54, 1.807) is 18.2 Å². The van der Waals surface area contributed by atoms with Gasteiger partial charge >= 0.3 is 0 Å². The van der Waals surface area contributed by atoms with Crippen LogP contribution < -0.4 is 5.32 Å². The number of nitrogens with one attached hydrogen (secondary N) is 1. The highest BCUT2D eigenvalue weighted by atomic mass is 35.5. The monoisotopic (exact) mass is 601 g/mol. The van der Waals surface area contributed by atoms with Crippen LogP contribution in [0.4, 0.5) is 0 Å². The zero-order chi connectivity index (χ0) is 29.0. The van der Waals surface area contributed by atoms with Gasteiger partial charge < -0.3 is 10.2 Å². The van der Waals surface area contributed by atoms with Crippen LogP contribution in [0.3, 0.4) is 0 Å². The third kappa shape index (κ3) is 6.32. The summed E-state index contributed by atoms with van der Waals surface area (Å²) in [7, 11) is -4.25. The van der Waals surface area contributed by atoms with Crippen molar-refractivity contribution in [1.29, 1.82) is 0 Å². The molecule has 8 nitrogen and oxygen atoms in total. The summed E-state index contributed by atoms with van der Waals surface area (Å²) in [6.45, 7) is 2.89. The van der Waals surface area contributed by atoms with Gasteiger partial charge in [-0.25, -0.2) is 12.7 Å². The van der Waals surface area contributed by atoms with Gasteiger partial charge in [0.25, 0.3) is 15.9 Å². The van der Waals surface area contributed by atoms with Crippen molar-refractivity contribution in [1.82, 2.24) is 14.5 Å². The average Bonchev–Trinajstić information content (AvgIpc) is 3.12. The van der Waals surface area contributed by atoms with Crippen molar-refractivity contribution in [3.05, 3.63) is 99.5 Å². The Labute approximate surface area is 243 Å². The quantitative estimate of drug-likeness (QED) is 0.363. The van der Waals surface area contributed by atoms with E-state index < -0.39 is 40.3 Å². The molecule has 0 aliphatic carbocycles. The van der Waals surface area contributed by atoms with E-state index in [1.807, 2.05) is 44.2 Å². The van der Waals surface area contributed by atoms with Crippen molar-refractivity contribution in [2.24, 2.45) is 0 Å². The number of benzene rings is 3. The summed E-state index contributed by atoms with van der Waals surface area (Å²) in [6.07, 6.45) is 0.820. The molecule has 0 fully saturated rings. The number of carbonyl (C=O) groups excluding carboxylic acids is 3. The number of amides is 3. The zero-order valence-electron chi connectivity index (χ0n) is 22.0. The maximum absolute atomic E-state index is 14.0. The van der Waals surface area contributed by atoms with Crippen LogP contribution in [0.1, 0.15) is 41.8 Å². The molecule has 4 rings (SSSR count). The Morgan fingerprint density at radius 1 is 1.00 bits per heavy atom. The molecule has 3 amide bonds. The number of carbonyl (C=O) groups is 3. The van der Waals surface area contributed by atoms with Gasteiger partial charge in [-0.2, -0.15) is 0 Å². The van der Waals surface area contributed by atoms with Gasteiger partial charge in [-0.1, -0.05) is 78.7 Å². The van der Waals surface area contributed by atoms with Crippen LogP contribution in [0.25, 0.3) is 0 Å². The molecule has 3 aromatic carbocycles. The lowest BCUT2D eigenvalue weighted by Gasteiger charge is -2.33. The number of fused-ring (bicyclic) bond motifs is 1. The highest BCUT2D eigenvalue weighted by Gasteiger charge is 2.43. The molecule has 1 aliphatic heterocycles. The molecular formula is C29H29Cl2N3O5S. The normalized spacial score (nSPS) is 15.3. The van der Waals surface area contributed by atoms with Gasteiger partial charge in [-0.15, -0.1) is 0 Å². The number of sulfonamides is 1. The molecule has 0 aromatic heterocycles. The van der Waals surface area contributed by atoms with Crippen molar-refractivity contribution in [3.63, 3.8) is 0 Å². The van der Waals surface area contributed by atoms with Crippen LogP contribution in [0.15, 0.2) is 77.7 Å². The van der Waals surface area contributed by atoms with E-state index in [4.69, 9.17) is 23.2 Å². The molecule has 0 saturated heterocycles. The molecule has 3 aromatic rings. The Balaban J connectivity index is 1.74. The number of nitrogens with zero attached hydrogens (tertiary/aromatic N) is 2. The maximum atomic E-state index is 14.0. The fourth-order valence-electron chi connectivity index (χ4n) is 4.43. The van der Waals surface area contributed by atoms with E-state index in [-0.39, 0.29) is 34.5 Å². The molecule has 0 bridgehead atoms. The Hall–Kier alpha value is -3.40. The van der Waals surface area contributed by atoms with Gasteiger partial charge in [-0.05, 0) is 48.7 Å². The first-order chi connectivity index (χ1) is 19.0. The fraction of sp³-hybridized carbons (Fsp3) is 0.276. The first-order valence-electron chi connectivity index (χ1n) is 12.8. The third-order valence-corrected chi connectivity index (χ3v) is 9.19. The van der Waals surface area contributed by atoms with Crippen LogP contribution in [-0.4, -0.2) is 54.0 Å². The highest BCUT2D eigenvalue weighted by Crippen LogP contribution is 2.30. The van der Waals surface area contributed by atoms with Gasteiger partial charge in [0.2, 0.25) is 11.8 Å². The van der Waals surface area contributed by atoms with Crippen molar-refractivity contribution in [2.45, 2.75) is 50.2 Å². The first-order valence-corrected chi connectivity index (χ1v) is 15.0. The molecule has 11 heteroatoms. The van der Waals surface area contributed by atoms with Crippen molar-refractivity contribution in [3.8, 4) is 0 Å². The lowest BCUT2D eigenvalue weighted by molar-refractivity contribution is -0.141. The minimum atomic E-state index is -4.25. The summed E-state index contributed by atoms with van der Waals surface area (Å²) < 4.78 is 27.0. The van der Waals surface area contributed by atoms with Crippen LogP contribution in [0, 0.1) is 0 Å². The zero-order valence-corrected chi connectivity index (χ0v) is 24.3. The summed E-state index contributed by atoms with van der Waals surface area (Å²) in [4.78, 5) is 41.8. The van der Waals surface area contributed by atoms with Gasteiger partial charge in [0, 0.05) is 29.1 Å². The van der Waals surface area contributed by atoms with E-state index >= 15 is 0 Å². The molecule has 1 heterocycles. The summed E-state index contributed by atoms with van der Waals surface area (Å²) in [5.41, 5.74) is 1.30. The molecule has 1 N–H and O–H groups in total. The van der Waals surface area contributed by atoms with Gasteiger partial charge in [0.05, 0.1) is 5.56 Å². The minimum Gasteiger partial charge on any atom is -0.352 e. The molecule has 40 heavy (non-hydrogen) atoms. The van der Waals surface area contributed by atoms with E-state index in [9.17, 15) is 22.8 Å². The predicted molar refractivity (Wildman–Crippen MR) is 154 cm³/mol. The minimum absolute atomic E-state index is 0.00190. The lowest BCUT2D eigenvalue weighted by Crippen LogP contribution is -2.54. The Bertz CT molecular complexity index is 1530. The Morgan fingerprint density at radius 3 is 2.33 bits per heavy atom. The summed E-state index contributed by atoms with van der Waals surface area (Å²) in [5.74, 6) is -1.93. The van der Waals surface area contributed by atoms with Crippen molar-refractivity contribution >= 4 is 50.9 Å². The number of hydrogen-bond acceptors (Lipinski definition) is 5. The summed E-state index contributed by atoms with van der Waals surface area (Å²) in [6, 6.07) is 18.6. The second-order valence-electron chi connectivity index (χ2n) is 9.59. The predicted octanol–water partition coefficient (Wildman–Crippen LogP) is 4.69. The van der Waals surface area contributed by atoms with Crippen molar-refractivity contribution in [2.75, 3.05) is 6.54 Å². The summed E-state index contributed by atoms with van der Waals surface area (Å²) >= 11 is 12.5. The fourth-order valence-corrected chi connectivity index (χ4v) is 6.42. The molecule has 0 saturated carbocycles. The molecule has 1 aliphatic rings. The van der Waals surface area contributed by atoms with Gasteiger partial charge in [-0.3, -0.25) is 14.4 Å².